The second-order valence-corrected chi connectivity index (χ2v) is 6.76. The zero-order chi connectivity index (χ0) is 18.0. The summed E-state index contributed by atoms with van der Waals surface area (Å²) in [6, 6.07) is 9.87. The molecule has 1 amide bonds. The molecular weight excluding hydrogens is 318 g/mol. The zero-order valence-corrected chi connectivity index (χ0v) is 15.2. The number of ether oxygens (including phenoxy) is 1. The lowest BCUT2D eigenvalue weighted by atomic mass is 10.1. The van der Waals surface area contributed by atoms with Crippen LogP contribution in [0.5, 0.6) is 5.75 Å². The van der Waals surface area contributed by atoms with E-state index in [0.29, 0.717) is 12.3 Å². The number of hydrogen-bond donors (Lipinski definition) is 0. The molecule has 134 valence electrons. The maximum atomic E-state index is 12.7. The van der Waals surface area contributed by atoms with Gasteiger partial charge in [0.05, 0.1) is 12.8 Å². The summed E-state index contributed by atoms with van der Waals surface area (Å²) in [4.78, 5) is 16.9. The quantitative estimate of drug-likeness (QED) is 0.853. The highest BCUT2D eigenvalue weighted by Crippen LogP contribution is 2.23. The van der Waals surface area contributed by atoms with Crippen LogP contribution in [0.3, 0.4) is 0 Å². The van der Waals surface area contributed by atoms with E-state index in [1.165, 1.54) is 0 Å². The van der Waals surface area contributed by atoms with E-state index < -0.39 is 0 Å². The lowest BCUT2D eigenvalue weighted by molar-refractivity contribution is 0.0631. The van der Waals surface area contributed by atoms with Crippen molar-refractivity contribution in [2.75, 3.05) is 31.6 Å². The number of carbonyl (C=O) groups is 1. The van der Waals surface area contributed by atoms with Gasteiger partial charge in [-0.05, 0) is 37.1 Å². The molecule has 0 aliphatic carbocycles. The SMILES string of the molecule is COc1ccc(N2CCN(C(=O)c3cc(C(C)C)no3)C(C)C2)cc1. The second kappa shape index (κ2) is 7.17. The van der Waals surface area contributed by atoms with Gasteiger partial charge in [-0.25, -0.2) is 0 Å². The minimum atomic E-state index is -0.0821. The first-order chi connectivity index (χ1) is 12.0. The van der Waals surface area contributed by atoms with Gasteiger partial charge >= 0.3 is 0 Å². The summed E-state index contributed by atoms with van der Waals surface area (Å²) in [5.74, 6) is 1.33. The van der Waals surface area contributed by atoms with Crippen LogP contribution in [0.15, 0.2) is 34.9 Å². The van der Waals surface area contributed by atoms with E-state index in [4.69, 9.17) is 9.26 Å². The third-order valence-electron chi connectivity index (χ3n) is 4.66. The van der Waals surface area contributed by atoms with Crippen LogP contribution in [0.1, 0.15) is 42.9 Å². The fourth-order valence-corrected chi connectivity index (χ4v) is 3.09. The van der Waals surface area contributed by atoms with Crippen molar-refractivity contribution in [2.24, 2.45) is 0 Å². The van der Waals surface area contributed by atoms with Crippen LogP contribution in [0.25, 0.3) is 0 Å². The van der Waals surface area contributed by atoms with Gasteiger partial charge in [-0.15, -0.1) is 0 Å². The van der Waals surface area contributed by atoms with E-state index >= 15 is 0 Å². The summed E-state index contributed by atoms with van der Waals surface area (Å²) in [6.45, 7) is 8.35. The fourth-order valence-electron chi connectivity index (χ4n) is 3.09. The number of methoxy groups -OCH3 is 1. The summed E-state index contributed by atoms with van der Waals surface area (Å²) >= 11 is 0. The average molecular weight is 343 g/mol. The molecular formula is C19H25N3O3. The molecule has 0 saturated carbocycles. The van der Waals surface area contributed by atoms with Gasteiger partial charge in [0.2, 0.25) is 5.76 Å². The fraction of sp³-hybridized carbons (Fsp3) is 0.474. The van der Waals surface area contributed by atoms with Gasteiger partial charge in [-0.3, -0.25) is 4.79 Å². The molecule has 3 rings (SSSR count). The highest BCUT2D eigenvalue weighted by atomic mass is 16.5. The highest BCUT2D eigenvalue weighted by molar-refractivity contribution is 5.92. The summed E-state index contributed by atoms with van der Waals surface area (Å²) in [7, 11) is 1.66. The number of carbonyl (C=O) groups excluding carboxylic acids is 1. The Bertz CT molecular complexity index is 724. The van der Waals surface area contributed by atoms with Gasteiger partial charge in [-0.2, -0.15) is 0 Å². The van der Waals surface area contributed by atoms with Crippen LogP contribution in [0.2, 0.25) is 0 Å². The van der Waals surface area contributed by atoms with Crippen molar-refractivity contribution in [3.8, 4) is 5.75 Å². The predicted molar refractivity (Wildman–Crippen MR) is 96.3 cm³/mol. The number of piperazine rings is 1. The normalized spacial score (nSPS) is 17.9. The molecule has 0 radical (unpaired) electrons. The third-order valence-corrected chi connectivity index (χ3v) is 4.66. The largest absolute Gasteiger partial charge is 0.497 e. The van der Waals surface area contributed by atoms with Gasteiger partial charge < -0.3 is 19.1 Å². The van der Waals surface area contributed by atoms with Gasteiger partial charge in [0.15, 0.2) is 0 Å². The number of nitrogens with zero attached hydrogens (tertiary/aromatic N) is 3. The molecule has 25 heavy (non-hydrogen) atoms. The van der Waals surface area contributed by atoms with Crippen LogP contribution in [-0.2, 0) is 0 Å². The monoisotopic (exact) mass is 343 g/mol. The molecule has 0 bridgehead atoms. The van der Waals surface area contributed by atoms with Crippen molar-refractivity contribution in [1.82, 2.24) is 10.1 Å². The molecule has 1 saturated heterocycles. The molecule has 0 N–H and O–H groups in total. The number of aromatic nitrogens is 1. The molecule has 1 fully saturated rings. The molecule has 2 heterocycles. The van der Waals surface area contributed by atoms with Crippen molar-refractivity contribution in [2.45, 2.75) is 32.7 Å². The Kier molecular flexibility index (Phi) is 4.97. The van der Waals surface area contributed by atoms with Gasteiger partial charge in [0.1, 0.15) is 5.75 Å². The first-order valence-electron chi connectivity index (χ1n) is 8.66. The number of rotatable bonds is 4. The van der Waals surface area contributed by atoms with Crippen molar-refractivity contribution >= 4 is 11.6 Å². The summed E-state index contributed by atoms with van der Waals surface area (Å²) in [5.41, 5.74) is 1.95. The Labute approximate surface area is 148 Å². The Morgan fingerprint density at radius 2 is 2.00 bits per heavy atom. The van der Waals surface area contributed by atoms with E-state index in [2.05, 4.69) is 17.0 Å². The van der Waals surface area contributed by atoms with Gasteiger partial charge in [0.25, 0.3) is 5.91 Å². The Hall–Kier alpha value is -2.50. The van der Waals surface area contributed by atoms with Gasteiger partial charge in [0, 0.05) is 37.4 Å². The molecule has 1 atom stereocenters. The van der Waals surface area contributed by atoms with Crippen LogP contribution in [0.4, 0.5) is 5.69 Å². The second-order valence-electron chi connectivity index (χ2n) is 6.76. The van der Waals surface area contributed by atoms with E-state index in [1.54, 1.807) is 13.2 Å². The lowest BCUT2D eigenvalue weighted by Gasteiger charge is -2.40. The van der Waals surface area contributed by atoms with Crippen molar-refractivity contribution in [1.29, 1.82) is 0 Å². The van der Waals surface area contributed by atoms with Crippen LogP contribution in [0, 0.1) is 0 Å². The first-order valence-corrected chi connectivity index (χ1v) is 8.66. The van der Waals surface area contributed by atoms with E-state index in [1.807, 2.05) is 43.0 Å². The minimum absolute atomic E-state index is 0.0821. The van der Waals surface area contributed by atoms with Crippen LogP contribution in [-0.4, -0.2) is 48.7 Å². The molecule has 6 heteroatoms. The Morgan fingerprint density at radius 1 is 1.28 bits per heavy atom. The van der Waals surface area contributed by atoms with Crippen LogP contribution < -0.4 is 9.64 Å². The molecule has 1 aromatic heterocycles. The lowest BCUT2D eigenvalue weighted by Crippen LogP contribution is -2.54. The molecule has 1 aromatic carbocycles. The molecule has 0 spiro atoms. The number of amides is 1. The maximum absolute atomic E-state index is 12.7. The molecule has 1 aliphatic heterocycles. The summed E-state index contributed by atoms with van der Waals surface area (Å²) < 4.78 is 10.5. The van der Waals surface area contributed by atoms with E-state index in [0.717, 1.165) is 30.2 Å². The van der Waals surface area contributed by atoms with Crippen LogP contribution >= 0.6 is 0 Å². The Balaban J connectivity index is 1.67. The summed E-state index contributed by atoms with van der Waals surface area (Å²) in [6.07, 6.45) is 0. The predicted octanol–water partition coefficient (Wildman–Crippen LogP) is 3.16. The number of anilines is 1. The van der Waals surface area contributed by atoms with E-state index in [9.17, 15) is 4.79 Å². The maximum Gasteiger partial charge on any atom is 0.292 e. The topological polar surface area (TPSA) is 58.8 Å². The number of benzene rings is 1. The van der Waals surface area contributed by atoms with Crippen molar-refractivity contribution in [3.63, 3.8) is 0 Å². The van der Waals surface area contributed by atoms with Gasteiger partial charge in [-0.1, -0.05) is 19.0 Å². The average Bonchev–Trinajstić information content (AvgIpc) is 3.11. The molecule has 6 nitrogen and oxygen atoms in total. The Morgan fingerprint density at radius 3 is 2.56 bits per heavy atom. The van der Waals surface area contributed by atoms with Crippen molar-refractivity contribution < 1.29 is 14.1 Å². The smallest absolute Gasteiger partial charge is 0.292 e. The summed E-state index contributed by atoms with van der Waals surface area (Å²) in [5, 5.41) is 3.99. The first kappa shape index (κ1) is 17.3. The standard InChI is InChI=1S/C19H25N3O3/c1-13(2)17-11-18(25-20-17)19(23)22-10-9-21(12-14(22)3)15-5-7-16(24-4)8-6-15/h5-8,11,13-14H,9-10,12H2,1-4H3. The highest BCUT2D eigenvalue weighted by Gasteiger charge is 2.30. The van der Waals surface area contributed by atoms with Crippen molar-refractivity contribution in [3.05, 3.63) is 41.8 Å². The third kappa shape index (κ3) is 3.62. The molecule has 2 aromatic rings. The zero-order valence-electron chi connectivity index (χ0n) is 15.2. The van der Waals surface area contributed by atoms with E-state index in [-0.39, 0.29) is 17.9 Å². The number of hydrogen-bond acceptors (Lipinski definition) is 5. The minimum Gasteiger partial charge on any atom is -0.497 e. The molecule has 1 aliphatic rings. The molecule has 1 unspecified atom stereocenters.